The second kappa shape index (κ2) is 8.22. The Kier molecular flexibility index (Phi) is 6.91. The van der Waals surface area contributed by atoms with E-state index in [-0.39, 0.29) is 18.3 Å². The molecule has 1 aromatic carbocycles. The van der Waals surface area contributed by atoms with Crippen molar-refractivity contribution in [1.82, 2.24) is 0 Å². The molecule has 1 rings (SSSR count). The summed E-state index contributed by atoms with van der Waals surface area (Å²) in [4.78, 5) is 12.2. The van der Waals surface area contributed by atoms with Crippen LogP contribution in [-0.4, -0.2) is 19.7 Å². The summed E-state index contributed by atoms with van der Waals surface area (Å²) < 4.78 is 10.8. The number of carbonyl (C=O) groups is 1. The smallest absolute Gasteiger partial charge is 0.314 e. The van der Waals surface area contributed by atoms with E-state index in [9.17, 15) is 4.79 Å². The highest BCUT2D eigenvalue weighted by Crippen LogP contribution is 2.38. The molecule has 0 aliphatic carbocycles. The lowest BCUT2D eigenvalue weighted by Gasteiger charge is -2.32. The standard InChI is InChI=1S/C17H23ClN2O3/c1-11-6-7-13(8-14(11)9-18)15(23-10-12(2)20-19)17(3,4)16(21)22-5/h6-8,15,19H,2,9-10H2,1,3-5H3. The average molecular weight is 339 g/mol. The van der Waals surface area contributed by atoms with Crippen molar-refractivity contribution >= 4 is 17.6 Å². The number of nitrogens with zero attached hydrogens (tertiary/aromatic N) is 1. The van der Waals surface area contributed by atoms with Gasteiger partial charge in [0.1, 0.15) is 0 Å². The van der Waals surface area contributed by atoms with Crippen LogP contribution in [0.5, 0.6) is 0 Å². The van der Waals surface area contributed by atoms with Crippen LogP contribution in [0.15, 0.2) is 35.6 Å². The number of rotatable bonds is 8. The van der Waals surface area contributed by atoms with Gasteiger partial charge in [-0.25, -0.2) is 5.53 Å². The fourth-order valence-corrected chi connectivity index (χ4v) is 2.59. The van der Waals surface area contributed by atoms with Crippen LogP contribution >= 0.6 is 11.6 Å². The minimum Gasteiger partial charge on any atom is -0.469 e. The summed E-state index contributed by atoms with van der Waals surface area (Å²) in [5.41, 5.74) is 9.19. The third-order valence-electron chi connectivity index (χ3n) is 3.76. The highest BCUT2D eigenvalue weighted by Gasteiger charge is 2.40. The summed E-state index contributed by atoms with van der Waals surface area (Å²) in [6, 6.07) is 5.78. The fraction of sp³-hybridized carbons (Fsp3) is 0.471. The van der Waals surface area contributed by atoms with Gasteiger partial charge < -0.3 is 9.47 Å². The van der Waals surface area contributed by atoms with Gasteiger partial charge in [-0.05, 0) is 37.5 Å². The molecule has 0 heterocycles. The molecule has 1 atom stereocenters. The second-order valence-corrected chi connectivity index (χ2v) is 6.17. The lowest BCUT2D eigenvalue weighted by atomic mass is 9.81. The number of carbonyl (C=O) groups excluding carboxylic acids is 1. The van der Waals surface area contributed by atoms with E-state index in [1.165, 1.54) is 7.11 Å². The third-order valence-corrected chi connectivity index (χ3v) is 4.05. The minimum absolute atomic E-state index is 0.0542. The zero-order valence-corrected chi connectivity index (χ0v) is 14.7. The maximum atomic E-state index is 12.2. The van der Waals surface area contributed by atoms with Crippen molar-refractivity contribution in [2.24, 2.45) is 10.5 Å². The van der Waals surface area contributed by atoms with Crippen molar-refractivity contribution in [1.29, 1.82) is 5.53 Å². The summed E-state index contributed by atoms with van der Waals surface area (Å²) >= 11 is 5.98. The quantitative estimate of drug-likeness (QED) is 0.430. The molecule has 0 saturated heterocycles. The van der Waals surface area contributed by atoms with Crippen LogP contribution in [0.2, 0.25) is 0 Å². The highest BCUT2D eigenvalue weighted by atomic mass is 35.5. The molecule has 0 amide bonds. The van der Waals surface area contributed by atoms with E-state index in [1.54, 1.807) is 13.8 Å². The van der Waals surface area contributed by atoms with E-state index in [1.807, 2.05) is 25.1 Å². The molecule has 0 aliphatic rings. The first-order chi connectivity index (χ1) is 10.8. The van der Waals surface area contributed by atoms with Crippen molar-refractivity contribution in [2.45, 2.75) is 32.8 Å². The van der Waals surface area contributed by atoms with Crippen molar-refractivity contribution in [3.05, 3.63) is 47.2 Å². The van der Waals surface area contributed by atoms with Gasteiger partial charge >= 0.3 is 5.97 Å². The Balaban J connectivity index is 3.25. The fourth-order valence-electron chi connectivity index (χ4n) is 2.30. The number of benzene rings is 1. The van der Waals surface area contributed by atoms with Gasteiger partial charge in [-0.1, -0.05) is 24.8 Å². The number of methoxy groups -OCH3 is 1. The average Bonchev–Trinajstić information content (AvgIpc) is 2.54. The maximum absolute atomic E-state index is 12.2. The Morgan fingerprint density at radius 2 is 2.13 bits per heavy atom. The number of halogens is 1. The predicted octanol–water partition coefficient (Wildman–Crippen LogP) is 4.54. The van der Waals surface area contributed by atoms with Gasteiger partial charge in [0.25, 0.3) is 0 Å². The van der Waals surface area contributed by atoms with E-state index >= 15 is 0 Å². The molecule has 0 bridgehead atoms. The Hall–Kier alpha value is -1.72. The summed E-state index contributed by atoms with van der Waals surface area (Å²) in [6.07, 6.45) is -0.573. The van der Waals surface area contributed by atoms with Crippen LogP contribution in [0.3, 0.4) is 0 Å². The number of alkyl halides is 1. The Bertz CT molecular complexity index is 600. The molecule has 0 spiro atoms. The van der Waals surface area contributed by atoms with Crippen LogP contribution in [0, 0.1) is 17.9 Å². The number of hydrogen-bond donors (Lipinski definition) is 1. The van der Waals surface area contributed by atoms with E-state index in [0.29, 0.717) is 5.88 Å². The molecule has 1 aromatic rings. The Morgan fingerprint density at radius 1 is 1.48 bits per heavy atom. The molecule has 5 nitrogen and oxygen atoms in total. The first kappa shape index (κ1) is 19.3. The van der Waals surface area contributed by atoms with Crippen LogP contribution in [0.1, 0.15) is 36.6 Å². The van der Waals surface area contributed by atoms with Gasteiger partial charge in [-0.15, -0.1) is 11.6 Å². The number of hydrogen-bond acceptors (Lipinski definition) is 5. The molecule has 0 aromatic heterocycles. The molecule has 23 heavy (non-hydrogen) atoms. The third kappa shape index (κ3) is 4.62. The normalized spacial score (nSPS) is 12.6. The molecule has 6 heteroatoms. The number of esters is 1. The molecule has 0 aliphatic heterocycles. The van der Waals surface area contributed by atoms with Crippen LogP contribution in [0.25, 0.3) is 0 Å². The Morgan fingerprint density at radius 3 is 2.65 bits per heavy atom. The van der Waals surface area contributed by atoms with Crippen LogP contribution in [0.4, 0.5) is 0 Å². The van der Waals surface area contributed by atoms with E-state index in [2.05, 4.69) is 11.7 Å². The van der Waals surface area contributed by atoms with Crippen molar-refractivity contribution in [2.75, 3.05) is 13.7 Å². The Labute approximate surface area is 142 Å². The molecular weight excluding hydrogens is 316 g/mol. The monoisotopic (exact) mass is 338 g/mol. The molecule has 0 fully saturated rings. The van der Waals surface area contributed by atoms with Crippen molar-refractivity contribution < 1.29 is 14.3 Å². The lowest BCUT2D eigenvalue weighted by molar-refractivity contribution is -0.160. The van der Waals surface area contributed by atoms with E-state index in [0.717, 1.165) is 16.7 Å². The van der Waals surface area contributed by atoms with E-state index in [4.69, 9.17) is 26.6 Å². The SMILES string of the molecule is C=C(COC(c1ccc(C)c(CCl)c1)C(C)(C)C(=O)OC)N=N. The van der Waals surface area contributed by atoms with E-state index < -0.39 is 11.5 Å². The summed E-state index contributed by atoms with van der Waals surface area (Å²) in [5, 5.41) is 3.24. The first-order valence-electron chi connectivity index (χ1n) is 7.18. The molecule has 1 unspecified atom stereocenters. The van der Waals surface area contributed by atoms with Crippen molar-refractivity contribution in [3.8, 4) is 0 Å². The summed E-state index contributed by atoms with van der Waals surface area (Å²) in [7, 11) is 1.35. The van der Waals surface area contributed by atoms with Gasteiger partial charge in [-0.2, -0.15) is 5.11 Å². The minimum atomic E-state index is -0.921. The second-order valence-electron chi connectivity index (χ2n) is 5.90. The number of nitrogens with one attached hydrogen (secondary N) is 1. The van der Waals surface area contributed by atoms with Crippen LogP contribution in [-0.2, 0) is 20.1 Å². The summed E-state index contributed by atoms with van der Waals surface area (Å²) in [6.45, 7) is 9.16. The largest absolute Gasteiger partial charge is 0.469 e. The van der Waals surface area contributed by atoms with Gasteiger partial charge in [0.2, 0.25) is 0 Å². The molecule has 0 radical (unpaired) electrons. The zero-order chi connectivity index (χ0) is 17.6. The summed E-state index contributed by atoms with van der Waals surface area (Å²) in [5.74, 6) is -0.0104. The predicted molar refractivity (Wildman–Crippen MR) is 89.5 cm³/mol. The maximum Gasteiger partial charge on any atom is 0.314 e. The molecule has 126 valence electrons. The van der Waals surface area contributed by atoms with Crippen molar-refractivity contribution in [3.63, 3.8) is 0 Å². The van der Waals surface area contributed by atoms with Crippen LogP contribution < -0.4 is 0 Å². The topological polar surface area (TPSA) is 71.7 Å². The molecule has 0 saturated carbocycles. The highest BCUT2D eigenvalue weighted by molar-refractivity contribution is 6.17. The van der Waals surface area contributed by atoms with Gasteiger partial charge in [-0.3, -0.25) is 4.79 Å². The number of aryl methyl sites for hydroxylation is 1. The van der Waals surface area contributed by atoms with Gasteiger partial charge in [0, 0.05) is 5.88 Å². The number of ether oxygens (including phenoxy) is 2. The van der Waals surface area contributed by atoms with Gasteiger partial charge in [0.05, 0.1) is 30.9 Å². The molecular formula is C17H23ClN2O3. The molecule has 1 N–H and O–H groups in total. The van der Waals surface area contributed by atoms with Gasteiger partial charge in [0.15, 0.2) is 0 Å². The lowest BCUT2D eigenvalue weighted by Crippen LogP contribution is -2.34. The first-order valence-corrected chi connectivity index (χ1v) is 7.72. The zero-order valence-electron chi connectivity index (χ0n) is 14.0.